The van der Waals surface area contributed by atoms with Crippen LogP contribution in [0.25, 0.3) is 22.0 Å². The number of aromatic nitrogens is 2. The van der Waals surface area contributed by atoms with Crippen molar-refractivity contribution in [2.45, 2.75) is 83.5 Å². The molecule has 1 aromatic carbocycles. The minimum atomic E-state index is -0.474. The molecule has 2 aliphatic rings. The van der Waals surface area contributed by atoms with Crippen LogP contribution >= 0.6 is 0 Å². The Morgan fingerprint density at radius 2 is 1.87 bits per heavy atom. The Hall–Kier alpha value is -3.19. The fourth-order valence-corrected chi connectivity index (χ4v) is 6.34. The van der Waals surface area contributed by atoms with E-state index in [-0.39, 0.29) is 29.8 Å². The lowest BCUT2D eigenvalue weighted by atomic mass is 9.83. The highest BCUT2D eigenvalue weighted by Gasteiger charge is 2.39. The number of aryl methyl sites for hydroxylation is 1. The fraction of sp³-hybridized carbons (Fsp3) is 0.516. The summed E-state index contributed by atoms with van der Waals surface area (Å²) in [6.45, 7) is 5.61. The molecule has 0 bridgehead atoms. The van der Waals surface area contributed by atoms with Gasteiger partial charge in [-0.25, -0.2) is 0 Å². The fourth-order valence-electron chi connectivity index (χ4n) is 6.34. The van der Waals surface area contributed by atoms with Crippen molar-refractivity contribution in [2.75, 3.05) is 13.6 Å². The van der Waals surface area contributed by atoms with Crippen LogP contribution in [0, 0.1) is 5.92 Å². The maximum atomic E-state index is 14.1. The number of likely N-dealkylation sites (N-methyl/N-ethyl adjacent to an activating group) is 1. The van der Waals surface area contributed by atoms with E-state index in [1.807, 2.05) is 24.2 Å². The number of nitrogens with one attached hydrogen (secondary N) is 2. The second kappa shape index (κ2) is 11.7. The molecule has 1 aliphatic heterocycles. The van der Waals surface area contributed by atoms with E-state index in [4.69, 9.17) is 0 Å². The van der Waals surface area contributed by atoms with Gasteiger partial charge in [0.15, 0.2) is 0 Å². The van der Waals surface area contributed by atoms with E-state index >= 15 is 0 Å². The second-order valence-corrected chi connectivity index (χ2v) is 10.9. The van der Waals surface area contributed by atoms with Crippen molar-refractivity contribution in [2.24, 2.45) is 5.92 Å². The molecule has 0 spiro atoms. The number of pyridine rings is 1. The molecule has 5 rings (SSSR count). The van der Waals surface area contributed by atoms with Crippen molar-refractivity contribution in [3.8, 4) is 11.1 Å². The Morgan fingerprint density at radius 3 is 2.63 bits per heavy atom. The summed E-state index contributed by atoms with van der Waals surface area (Å²) in [5, 5.41) is 7.37. The van der Waals surface area contributed by atoms with Crippen LogP contribution in [0.4, 0.5) is 0 Å². The Balaban J connectivity index is 1.43. The number of benzene rings is 1. The van der Waals surface area contributed by atoms with Crippen LogP contribution < -0.4 is 10.6 Å². The maximum absolute atomic E-state index is 14.1. The van der Waals surface area contributed by atoms with Gasteiger partial charge in [0, 0.05) is 53.7 Å². The minimum absolute atomic E-state index is 0.0285. The van der Waals surface area contributed by atoms with E-state index in [1.54, 1.807) is 7.05 Å². The molecule has 1 saturated carbocycles. The van der Waals surface area contributed by atoms with E-state index in [2.05, 4.69) is 63.6 Å². The summed E-state index contributed by atoms with van der Waals surface area (Å²) in [4.78, 5) is 33.6. The standard InChI is InChI=1S/C31H41N5O2/c1-4-35-20-26(25-13-8-9-14-28(25)35)23-17-24(19-33-18-23)27-15-10-16-36(27)31(38)29(22-11-6-5-7-12-22)34-30(37)21(2)32-3/h8-9,13-14,17-22,27,29,32H,4-7,10-12,15-16H2,1-3H3,(H,34,37)/t21?,27?,29-/m0/s1. The van der Waals surface area contributed by atoms with Crippen molar-refractivity contribution in [1.82, 2.24) is 25.1 Å². The lowest BCUT2D eigenvalue weighted by molar-refractivity contribution is -0.139. The lowest BCUT2D eigenvalue weighted by Gasteiger charge is -2.35. The van der Waals surface area contributed by atoms with Crippen LogP contribution in [-0.4, -0.2) is 51.9 Å². The topological polar surface area (TPSA) is 79.3 Å². The number of nitrogens with zero attached hydrogens (tertiary/aromatic N) is 3. The van der Waals surface area contributed by atoms with Gasteiger partial charge in [0.1, 0.15) is 6.04 Å². The first-order valence-corrected chi connectivity index (χ1v) is 14.3. The van der Waals surface area contributed by atoms with Gasteiger partial charge in [-0.3, -0.25) is 14.6 Å². The third-order valence-electron chi connectivity index (χ3n) is 8.63. The van der Waals surface area contributed by atoms with Crippen LogP contribution in [0.5, 0.6) is 0 Å². The highest BCUT2D eigenvalue weighted by atomic mass is 16.2. The summed E-state index contributed by atoms with van der Waals surface area (Å²) in [7, 11) is 1.77. The van der Waals surface area contributed by atoms with Gasteiger partial charge in [0.2, 0.25) is 11.8 Å². The monoisotopic (exact) mass is 515 g/mol. The third kappa shape index (κ3) is 5.21. The molecule has 3 heterocycles. The quantitative estimate of drug-likeness (QED) is 0.440. The summed E-state index contributed by atoms with van der Waals surface area (Å²) in [6, 6.07) is 9.85. The summed E-state index contributed by atoms with van der Waals surface area (Å²) in [5.74, 6) is 0.141. The molecule has 0 radical (unpaired) electrons. The number of para-hydroxylation sites is 1. The smallest absolute Gasteiger partial charge is 0.245 e. The van der Waals surface area contributed by atoms with E-state index in [1.165, 1.54) is 22.9 Å². The predicted octanol–water partition coefficient (Wildman–Crippen LogP) is 5.06. The number of carbonyl (C=O) groups excluding carboxylic acids is 2. The first kappa shape index (κ1) is 26.4. The van der Waals surface area contributed by atoms with Gasteiger partial charge in [-0.1, -0.05) is 37.5 Å². The van der Waals surface area contributed by atoms with Crippen molar-refractivity contribution in [1.29, 1.82) is 0 Å². The summed E-state index contributed by atoms with van der Waals surface area (Å²) >= 11 is 0. The number of rotatable bonds is 8. The highest BCUT2D eigenvalue weighted by molar-refractivity contribution is 5.96. The number of amides is 2. The molecule has 2 aromatic heterocycles. The largest absolute Gasteiger partial charge is 0.347 e. The zero-order valence-corrected chi connectivity index (χ0v) is 23.0. The van der Waals surface area contributed by atoms with E-state index in [0.717, 1.165) is 56.2 Å². The van der Waals surface area contributed by atoms with Crippen molar-refractivity contribution >= 4 is 22.7 Å². The lowest BCUT2D eigenvalue weighted by Crippen LogP contribution is -2.55. The van der Waals surface area contributed by atoms with Crippen molar-refractivity contribution < 1.29 is 9.59 Å². The second-order valence-electron chi connectivity index (χ2n) is 10.9. The normalized spacial score (nSPS) is 20.0. The van der Waals surface area contributed by atoms with Crippen LogP contribution in [0.3, 0.4) is 0 Å². The number of fused-ring (bicyclic) bond motifs is 1. The average molecular weight is 516 g/mol. The van der Waals surface area contributed by atoms with Crippen LogP contribution in [-0.2, 0) is 16.1 Å². The SMILES string of the molecule is CCn1cc(-c2cncc(C3CCCN3C(=O)[C@@H](NC(=O)C(C)NC)C3CCCCC3)c2)c2ccccc21. The minimum Gasteiger partial charge on any atom is -0.347 e. The van der Waals surface area contributed by atoms with E-state index < -0.39 is 6.04 Å². The Bertz CT molecular complexity index is 1280. The zero-order chi connectivity index (χ0) is 26.6. The first-order valence-electron chi connectivity index (χ1n) is 14.3. The van der Waals surface area contributed by atoms with Crippen molar-refractivity contribution in [3.05, 3.63) is 54.5 Å². The van der Waals surface area contributed by atoms with Gasteiger partial charge in [0.25, 0.3) is 0 Å². The van der Waals surface area contributed by atoms with Crippen molar-refractivity contribution in [3.63, 3.8) is 0 Å². The molecule has 2 N–H and O–H groups in total. The van der Waals surface area contributed by atoms with Gasteiger partial charge in [0.05, 0.1) is 12.1 Å². The van der Waals surface area contributed by atoms with Gasteiger partial charge < -0.3 is 20.1 Å². The molecule has 7 nitrogen and oxygen atoms in total. The van der Waals surface area contributed by atoms with Crippen LogP contribution in [0.1, 0.15) is 70.4 Å². The zero-order valence-electron chi connectivity index (χ0n) is 23.0. The number of likely N-dealkylation sites (tertiary alicyclic amines) is 1. The Kier molecular flexibility index (Phi) is 8.12. The Morgan fingerprint density at radius 1 is 1.08 bits per heavy atom. The molecule has 38 heavy (non-hydrogen) atoms. The van der Waals surface area contributed by atoms with Crippen LogP contribution in [0.15, 0.2) is 48.9 Å². The molecule has 202 valence electrons. The van der Waals surface area contributed by atoms with Gasteiger partial charge in [-0.15, -0.1) is 0 Å². The molecule has 1 aliphatic carbocycles. The molecule has 2 unspecified atom stereocenters. The predicted molar refractivity (Wildman–Crippen MR) is 152 cm³/mol. The molecular weight excluding hydrogens is 474 g/mol. The summed E-state index contributed by atoms with van der Waals surface area (Å²) < 4.78 is 2.27. The van der Waals surface area contributed by atoms with Gasteiger partial charge >= 0.3 is 0 Å². The van der Waals surface area contributed by atoms with Gasteiger partial charge in [-0.05, 0) is 70.2 Å². The first-order chi connectivity index (χ1) is 18.5. The molecular formula is C31H41N5O2. The molecule has 7 heteroatoms. The highest BCUT2D eigenvalue weighted by Crippen LogP contribution is 2.37. The van der Waals surface area contributed by atoms with E-state index in [9.17, 15) is 9.59 Å². The summed E-state index contributed by atoms with van der Waals surface area (Å²) in [5.41, 5.74) is 4.53. The van der Waals surface area contributed by atoms with Gasteiger partial charge in [-0.2, -0.15) is 0 Å². The maximum Gasteiger partial charge on any atom is 0.245 e. The number of hydrogen-bond donors (Lipinski definition) is 2. The summed E-state index contributed by atoms with van der Waals surface area (Å²) in [6.07, 6.45) is 13.3. The molecule has 2 fully saturated rings. The number of carbonyl (C=O) groups is 2. The third-order valence-corrected chi connectivity index (χ3v) is 8.63. The molecule has 3 aromatic rings. The molecule has 1 saturated heterocycles. The molecule has 2 amide bonds. The average Bonchev–Trinajstić information content (AvgIpc) is 3.61. The van der Waals surface area contributed by atoms with Crippen LogP contribution in [0.2, 0.25) is 0 Å². The van der Waals surface area contributed by atoms with E-state index in [0.29, 0.717) is 6.54 Å². The molecule has 3 atom stereocenters. The number of hydrogen-bond acceptors (Lipinski definition) is 4. The Labute approximate surface area is 226 Å².